The Hall–Kier alpha value is -4.00. The second-order valence-corrected chi connectivity index (χ2v) is 21.8. The van der Waals surface area contributed by atoms with Gasteiger partial charge in [0.15, 0.2) is 0 Å². The fourth-order valence-corrected chi connectivity index (χ4v) is 16.1. The van der Waals surface area contributed by atoms with Crippen molar-refractivity contribution in [3.63, 3.8) is 0 Å². The largest absolute Gasteiger partial charge is 2.00 e. The Morgan fingerprint density at radius 3 is 0.561 bits per heavy atom. The van der Waals surface area contributed by atoms with E-state index in [0.717, 1.165) is 12.3 Å². The van der Waals surface area contributed by atoms with Crippen molar-refractivity contribution in [2.24, 2.45) is 0 Å². The minimum Gasteiger partial charge on any atom is -0.289 e. The van der Waals surface area contributed by atoms with Gasteiger partial charge in [-0.05, 0) is 21.2 Å². The molecule has 1 radical (unpaired) electrons. The van der Waals surface area contributed by atoms with Gasteiger partial charge in [0.1, 0.15) is 0 Å². The summed E-state index contributed by atoms with van der Waals surface area (Å²) < 4.78 is 0. The van der Waals surface area contributed by atoms with E-state index in [-0.39, 0.29) is 17.1 Å². The monoisotopic (exact) mass is 857 g/mol. The van der Waals surface area contributed by atoms with Crippen molar-refractivity contribution >= 4 is 74.1 Å². The molecule has 0 bridgehead atoms. The molecular formula is C52H46CuP4. The first-order valence-electron chi connectivity index (χ1n) is 19.0. The predicted octanol–water partition coefficient (Wildman–Crippen LogP) is 10.8. The second-order valence-electron chi connectivity index (χ2n) is 13.0. The fraction of sp³-hybridized carbons (Fsp3) is 0.0385. The van der Waals surface area contributed by atoms with Crippen LogP contribution in [0.2, 0.25) is 0 Å². The van der Waals surface area contributed by atoms with Gasteiger partial charge in [0.25, 0.3) is 0 Å². The van der Waals surface area contributed by atoms with Crippen LogP contribution in [0, 0.1) is 12.3 Å². The fourth-order valence-electron chi connectivity index (χ4n) is 6.55. The third kappa shape index (κ3) is 12.5. The first kappa shape index (κ1) is 42.6. The summed E-state index contributed by atoms with van der Waals surface area (Å²) in [6.45, 7) is 0. The van der Waals surface area contributed by atoms with Crippen LogP contribution < -0.4 is 42.4 Å². The Kier molecular flexibility index (Phi) is 17.5. The van der Waals surface area contributed by atoms with E-state index < -0.39 is 31.7 Å². The van der Waals surface area contributed by atoms with Crippen molar-refractivity contribution in [2.45, 2.75) is 0 Å². The van der Waals surface area contributed by atoms with Gasteiger partial charge in [-0.15, -0.1) is 12.3 Å². The van der Waals surface area contributed by atoms with Gasteiger partial charge in [0.2, 0.25) is 0 Å². The van der Waals surface area contributed by atoms with Crippen LogP contribution in [-0.2, 0) is 17.1 Å². The third-order valence-corrected chi connectivity index (χ3v) is 19.2. The molecule has 8 rings (SSSR count). The zero-order chi connectivity index (χ0) is 38.0. The van der Waals surface area contributed by atoms with E-state index in [4.69, 9.17) is 0 Å². The second kappa shape index (κ2) is 23.4. The summed E-state index contributed by atoms with van der Waals surface area (Å²) in [5, 5.41) is 11.4. The van der Waals surface area contributed by atoms with Crippen molar-refractivity contribution in [2.75, 3.05) is 12.3 Å². The van der Waals surface area contributed by atoms with Gasteiger partial charge in [0.05, 0.1) is 0 Å². The van der Waals surface area contributed by atoms with E-state index in [0.29, 0.717) is 0 Å². The van der Waals surface area contributed by atoms with Gasteiger partial charge in [-0.2, -0.15) is 0 Å². The van der Waals surface area contributed by atoms with Crippen LogP contribution in [0.3, 0.4) is 0 Å². The summed E-state index contributed by atoms with van der Waals surface area (Å²) in [6, 6.07) is 87.6. The minimum absolute atomic E-state index is 0. The van der Waals surface area contributed by atoms with E-state index in [1.54, 1.807) is 0 Å². The molecule has 0 aromatic heterocycles. The average Bonchev–Trinajstić information content (AvgIpc) is 3.29. The Balaban J connectivity index is 0.000000189. The Bertz CT molecular complexity index is 1760. The third-order valence-electron chi connectivity index (χ3n) is 9.30. The van der Waals surface area contributed by atoms with E-state index in [1.165, 1.54) is 42.4 Å². The quantitative estimate of drug-likeness (QED) is 0.0581. The molecule has 0 aliphatic heterocycles. The predicted molar refractivity (Wildman–Crippen MR) is 255 cm³/mol. The van der Waals surface area contributed by atoms with Gasteiger partial charge in [-0.3, -0.25) is 12.3 Å². The molecule has 5 heteroatoms. The minimum atomic E-state index is -0.473. The average molecular weight is 858 g/mol. The smallest absolute Gasteiger partial charge is 0.289 e. The molecule has 0 unspecified atom stereocenters. The summed E-state index contributed by atoms with van der Waals surface area (Å²) in [4.78, 5) is 0. The molecule has 0 N–H and O–H groups in total. The molecule has 0 saturated carbocycles. The molecule has 57 heavy (non-hydrogen) atoms. The topological polar surface area (TPSA) is 0 Å². The number of hydrogen-bond donors (Lipinski definition) is 0. The van der Waals surface area contributed by atoms with E-state index in [9.17, 15) is 0 Å². The summed E-state index contributed by atoms with van der Waals surface area (Å²) in [5.41, 5.74) is 0. The van der Waals surface area contributed by atoms with Crippen LogP contribution in [0.1, 0.15) is 0 Å². The molecule has 8 aromatic rings. The first-order valence-corrected chi connectivity index (χ1v) is 24.9. The first-order chi connectivity index (χ1) is 27.8. The van der Waals surface area contributed by atoms with Crippen LogP contribution in [0.5, 0.6) is 0 Å². The SMILES string of the molecule is [Cu+2].c1ccc(P([CH-]CP(c2ccccc2)c2ccccc2)c2ccccc2)cc1.c1ccc(P([CH-]CP(c2ccccc2)c2ccccc2)c2ccccc2)cc1. The maximum atomic E-state index is 2.58. The van der Waals surface area contributed by atoms with E-state index in [2.05, 4.69) is 255 Å². The molecule has 0 spiro atoms. The maximum absolute atomic E-state index is 2.58. The van der Waals surface area contributed by atoms with Crippen molar-refractivity contribution < 1.29 is 17.1 Å². The summed E-state index contributed by atoms with van der Waals surface area (Å²) in [7, 11) is -1.75. The summed E-state index contributed by atoms with van der Waals surface area (Å²) in [6.07, 6.45) is 7.31. The van der Waals surface area contributed by atoms with Crippen LogP contribution >= 0.6 is 31.7 Å². The van der Waals surface area contributed by atoms with Crippen LogP contribution in [0.15, 0.2) is 243 Å². The zero-order valence-corrected chi connectivity index (χ0v) is 36.3. The molecule has 0 saturated heterocycles. The van der Waals surface area contributed by atoms with Gasteiger partial charge < -0.3 is 0 Å². The molecule has 0 aliphatic rings. The van der Waals surface area contributed by atoms with Crippen LogP contribution in [0.25, 0.3) is 0 Å². The van der Waals surface area contributed by atoms with Crippen LogP contribution in [0.4, 0.5) is 0 Å². The Morgan fingerprint density at radius 2 is 0.386 bits per heavy atom. The maximum Gasteiger partial charge on any atom is 2.00 e. The number of hydrogen-bond acceptors (Lipinski definition) is 0. The number of benzene rings is 8. The molecule has 0 atom stereocenters. The van der Waals surface area contributed by atoms with Crippen molar-refractivity contribution in [1.82, 2.24) is 0 Å². The Morgan fingerprint density at radius 1 is 0.228 bits per heavy atom. The Labute approximate surface area is 356 Å². The normalized spacial score (nSPS) is 10.9. The molecule has 0 aliphatic carbocycles. The standard InChI is InChI=1S/2C26H23P2.Cu/c2*1-5-13-23(14-6-1)27(24-15-7-2-8-16-24)21-22-28(25-17-9-3-10-18-25)26-19-11-4-12-20-26;/h2*1-21H,22H2;/q2*-1;+2. The number of rotatable bonds is 14. The molecule has 285 valence electrons. The summed E-state index contributed by atoms with van der Waals surface area (Å²) >= 11 is 0. The summed E-state index contributed by atoms with van der Waals surface area (Å²) in [5.74, 6) is 0. The zero-order valence-electron chi connectivity index (χ0n) is 31.8. The van der Waals surface area contributed by atoms with Gasteiger partial charge >= 0.3 is 17.1 Å². The molecule has 8 aromatic carbocycles. The van der Waals surface area contributed by atoms with Gasteiger partial charge in [0, 0.05) is 0 Å². The molecule has 0 fully saturated rings. The van der Waals surface area contributed by atoms with Gasteiger partial charge in [-0.1, -0.05) is 280 Å². The van der Waals surface area contributed by atoms with E-state index >= 15 is 0 Å². The van der Waals surface area contributed by atoms with Gasteiger partial charge in [-0.25, -0.2) is 15.8 Å². The molecule has 0 heterocycles. The van der Waals surface area contributed by atoms with Crippen molar-refractivity contribution in [1.29, 1.82) is 0 Å². The molecule has 0 nitrogen and oxygen atoms in total. The molecular weight excluding hydrogens is 812 g/mol. The van der Waals surface area contributed by atoms with Crippen molar-refractivity contribution in [3.8, 4) is 0 Å². The van der Waals surface area contributed by atoms with Crippen LogP contribution in [-0.4, -0.2) is 12.3 Å². The molecule has 0 amide bonds. The van der Waals surface area contributed by atoms with Crippen molar-refractivity contribution in [3.05, 3.63) is 255 Å². The van der Waals surface area contributed by atoms with E-state index in [1.807, 2.05) is 0 Å².